The lowest BCUT2D eigenvalue weighted by Crippen LogP contribution is -2.31. The topological polar surface area (TPSA) is 86.4 Å². The van der Waals surface area contributed by atoms with Crippen molar-refractivity contribution in [3.05, 3.63) is 22.7 Å². The number of hydrogen-bond acceptors (Lipinski definition) is 5. The number of ether oxygens (including phenoxy) is 2. The van der Waals surface area contributed by atoms with Gasteiger partial charge in [-0.2, -0.15) is 10.5 Å². The summed E-state index contributed by atoms with van der Waals surface area (Å²) in [6.07, 6.45) is 0.804. The summed E-state index contributed by atoms with van der Waals surface area (Å²) in [5.41, 5.74) is 0.233. The SMILES string of the molecule is CCCOc1c(Cl)cc(C(=O)N(CC#N)CC#N)cc1OC. The Morgan fingerprint density at radius 1 is 1.32 bits per heavy atom. The predicted molar refractivity (Wildman–Crippen MR) is 80.9 cm³/mol. The highest BCUT2D eigenvalue weighted by atomic mass is 35.5. The van der Waals surface area contributed by atoms with Crippen LogP contribution in [-0.4, -0.2) is 37.6 Å². The van der Waals surface area contributed by atoms with Crippen LogP contribution in [0.5, 0.6) is 11.5 Å². The second-order valence-electron chi connectivity index (χ2n) is 4.32. The Hall–Kier alpha value is -2.44. The molecule has 0 heterocycles. The molecule has 0 N–H and O–H groups in total. The van der Waals surface area contributed by atoms with Crippen LogP contribution in [0.2, 0.25) is 5.02 Å². The Morgan fingerprint density at radius 2 is 1.95 bits per heavy atom. The molecule has 1 aromatic rings. The Bertz CT molecular complexity index is 604. The van der Waals surface area contributed by atoms with Crippen molar-refractivity contribution < 1.29 is 14.3 Å². The molecule has 0 unspecified atom stereocenters. The van der Waals surface area contributed by atoms with Gasteiger partial charge in [-0.15, -0.1) is 0 Å². The number of nitriles is 2. The number of methoxy groups -OCH3 is 1. The van der Waals surface area contributed by atoms with E-state index < -0.39 is 5.91 Å². The van der Waals surface area contributed by atoms with E-state index in [9.17, 15) is 4.79 Å². The molecule has 0 aliphatic heterocycles. The lowest BCUT2D eigenvalue weighted by molar-refractivity contribution is 0.0794. The molecule has 1 amide bonds. The summed E-state index contributed by atoms with van der Waals surface area (Å²) in [5.74, 6) is 0.234. The maximum absolute atomic E-state index is 12.3. The van der Waals surface area contributed by atoms with E-state index in [-0.39, 0.29) is 23.7 Å². The number of hydrogen-bond donors (Lipinski definition) is 0. The minimum absolute atomic E-state index is 0.180. The zero-order chi connectivity index (χ0) is 16.5. The molecule has 0 aliphatic rings. The third-order valence-electron chi connectivity index (χ3n) is 2.74. The van der Waals surface area contributed by atoms with Gasteiger partial charge in [0, 0.05) is 5.56 Å². The highest BCUT2D eigenvalue weighted by Crippen LogP contribution is 2.36. The van der Waals surface area contributed by atoms with Gasteiger partial charge in [0.05, 0.1) is 30.9 Å². The molecule has 6 nitrogen and oxygen atoms in total. The van der Waals surface area contributed by atoms with Gasteiger partial charge in [0.2, 0.25) is 0 Å². The molecule has 0 radical (unpaired) electrons. The van der Waals surface area contributed by atoms with Gasteiger partial charge in [0.15, 0.2) is 11.5 Å². The average Bonchev–Trinajstić information content (AvgIpc) is 2.52. The van der Waals surface area contributed by atoms with Crippen molar-refractivity contribution in [1.82, 2.24) is 4.90 Å². The van der Waals surface area contributed by atoms with E-state index in [4.69, 9.17) is 31.6 Å². The Morgan fingerprint density at radius 3 is 2.45 bits per heavy atom. The second kappa shape index (κ2) is 8.76. The van der Waals surface area contributed by atoms with Crippen molar-refractivity contribution >= 4 is 17.5 Å². The predicted octanol–water partition coefficient (Wildman–Crippen LogP) is 2.63. The molecule has 0 bridgehead atoms. The minimum atomic E-state index is -0.467. The van der Waals surface area contributed by atoms with Crippen LogP contribution in [0.3, 0.4) is 0 Å². The van der Waals surface area contributed by atoms with E-state index in [0.29, 0.717) is 18.1 Å². The van der Waals surface area contributed by atoms with E-state index in [1.54, 1.807) is 0 Å². The van der Waals surface area contributed by atoms with Gasteiger partial charge in [-0.05, 0) is 18.6 Å². The summed E-state index contributed by atoms with van der Waals surface area (Å²) in [6.45, 7) is 2.07. The number of nitrogens with zero attached hydrogens (tertiary/aromatic N) is 3. The number of amides is 1. The number of benzene rings is 1. The Labute approximate surface area is 134 Å². The van der Waals surface area contributed by atoms with Gasteiger partial charge >= 0.3 is 0 Å². The van der Waals surface area contributed by atoms with Gasteiger partial charge in [0.25, 0.3) is 5.91 Å². The molecule has 7 heteroatoms. The Balaban J connectivity index is 3.15. The van der Waals surface area contributed by atoms with Crippen LogP contribution in [0.1, 0.15) is 23.7 Å². The smallest absolute Gasteiger partial charge is 0.255 e. The molecule has 0 aromatic heterocycles. The summed E-state index contributed by atoms with van der Waals surface area (Å²) in [7, 11) is 1.45. The molecule has 0 spiro atoms. The van der Waals surface area contributed by atoms with Gasteiger partial charge < -0.3 is 14.4 Å². The van der Waals surface area contributed by atoms with E-state index in [2.05, 4.69) is 0 Å². The Kier molecular flexibility index (Phi) is 7.01. The van der Waals surface area contributed by atoms with Crippen molar-refractivity contribution in [1.29, 1.82) is 10.5 Å². The van der Waals surface area contributed by atoms with E-state index in [1.807, 2.05) is 19.1 Å². The van der Waals surface area contributed by atoms with Crippen molar-refractivity contribution in [2.45, 2.75) is 13.3 Å². The largest absolute Gasteiger partial charge is 0.493 e. The van der Waals surface area contributed by atoms with Crippen molar-refractivity contribution in [2.24, 2.45) is 0 Å². The van der Waals surface area contributed by atoms with Crippen molar-refractivity contribution in [2.75, 3.05) is 26.8 Å². The highest BCUT2D eigenvalue weighted by molar-refractivity contribution is 6.32. The van der Waals surface area contributed by atoms with Gasteiger partial charge in [-0.1, -0.05) is 18.5 Å². The van der Waals surface area contributed by atoms with Gasteiger partial charge in [-0.3, -0.25) is 4.79 Å². The van der Waals surface area contributed by atoms with E-state index in [0.717, 1.165) is 11.3 Å². The van der Waals surface area contributed by atoms with Crippen LogP contribution in [-0.2, 0) is 0 Å². The highest BCUT2D eigenvalue weighted by Gasteiger charge is 2.20. The minimum Gasteiger partial charge on any atom is -0.493 e. The van der Waals surface area contributed by atoms with Crippen LogP contribution in [0.15, 0.2) is 12.1 Å². The lowest BCUT2D eigenvalue weighted by atomic mass is 10.1. The first-order valence-electron chi connectivity index (χ1n) is 6.62. The van der Waals surface area contributed by atoms with Crippen LogP contribution < -0.4 is 9.47 Å². The third-order valence-corrected chi connectivity index (χ3v) is 3.02. The molecular weight excluding hydrogens is 306 g/mol. The first-order valence-corrected chi connectivity index (χ1v) is 7.00. The van der Waals surface area contributed by atoms with Crippen LogP contribution in [0.4, 0.5) is 0 Å². The maximum atomic E-state index is 12.3. The molecule has 0 saturated heterocycles. The lowest BCUT2D eigenvalue weighted by Gasteiger charge is -2.18. The molecule has 116 valence electrons. The summed E-state index contributed by atoms with van der Waals surface area (Å²) >= 11 is 6.15. The first kappa shape index (κ1) is 17.6. The number of carbonyl (C=O) groups excluding carboxylic acids is 1. The van der Waals surface area contributed by atoms with Crippen molar-refractivity contribution in [3.8, 4) is 23.6 Å². The quantitative estimate of drug-likeness (QED) is 0.720. The van der Waals surface area contributed by atoms with Crippen LogP contribution in [0.25, 0.3) is 0 Å². The molecular formula is C15H16ClN3O3. The summed E-state index contributed by atoms with van der Waals surface area (Å²) in [4.78, 5) is 13.5. The summed E-state index contributed by atoms with van der Waals surface area (Å²) in [6, 6.07) is 6.63. The maximum Gasteiger partial charge on any atom is 0.255 e. The monoisotopic (exact) mass is 321 g/mol. The van der Waals surface area contributed by atoms with Gasteiger partial charge in [0.1, 0.15) is 13.1 Å². The normalized spacial score (nSPS) is 9.50. The fourth-order valence-corrected chi connectivity index (χ4v) is 2.01. The molecule has 1 aromatic carbocycles. The molecule has 0 atom stereocenters. The van der Waals surface area contributed by atoms with Crippen LogP contribution in [0, 0.1) is 22.7 Å². The molecule has 1 rings (SSSR count). The van der Waals surface area contributed by atoms with E-state index in [1.165, 1.54) is 19.2 Å². The summed E-state index contributed by atoms with van der Waals surface area (Å²) < 4.78 is 10.7. The number of carbonyl (C=O) groups is 1. The fraction of sp³-hybridized carbons (Fsp3) is 0.400. The zero-order valence-electron chi connectivity index (χ0n) is 12.4. The fourth-order valence-electron chi connectivity index (χ4n) is 1.74. The first-order chi connectivity index (χ1) is 10.6. The molecule has 0 aliphatic carbocycles. The van der Waals surface area contributed by atoms with Crippen LogP contribution >= 0.6 is 11.6 Å². The zero-order valence-corrected chi connectivity index (χ0v) is 13.2. The van der Waals surface area contributed by atoms with E-state index >= 15 is 0 Å². The molecule has 0 saturated carbocycles. The summed E-state index contributed by atoms with van der Waals surface area (Å²) in [5, 5.41) is 17.7. The van der Waals surface area contributed by atoms with Gasteiger partial charge in [-0.25, -0.2) is 0 Å². The second-order valence-corrected chi connectivity index (χ2v) is 4.72. The number of halogens is 1. The van der Waals surface area contributed by atoms with Crippen molar-refractivity contribution in [3.63, 3.8) is 0 Å². The molecule has 22 heavy (non-hydrogen) atoms. The molecule has 0 fully saturated rings. The third kappa shape index (κ3) is 4.28. The number of rotatable bonds is 7. The average molecular weight is 322 g/mol. The standard InChI is InChI=1S/C15H16ClN3O3/c1-3-8-22-14-12(16)9-11(10-13(14)21-2)15(20)19(6-4-17)7-5-18/h9-10H,3,6-8H2,1-2H3.